The Hall–Kier alpha value is -1.66. The second-order valence-corrected chi connectivity index (χ2v) is 9.40. The predicted molar refractivity (Wildman–Crippen MR) is 130 cm³/mol. The number of hydrogen-bond donors (Lipinski definition) is 2. The maximum atomic E-state index is 11.8. The summed E-state index contributed by atoms with van der Waals surface area (Å²) in [6.45, 7) is 4.69. The van der Waals surface area contributed by atoms with E-state index in [1.165, 1.54) is 7.05 Å². The van der Waals surface area contributed by atoms with Crippen LogP contribution >= 0.6 is 24.0 Å². The molecule has 30 heavy (non-hydrogen) atoms. The van der Waals surface area contributed by atoms with Crippen molar-refractivity contribution in [1.82, 2.24) is 24.5 Å². The van der Waals surface area contributed by atoms with E-state index in [0.29, 0.717) is 18.5 Å². The van der Waals surface area contributed by atoms with Gasteiger partial charge in [-0.2, -0.15) is 0 Å². The molecule has 2 N–H and O–H groups in total. The van der Waals surface area contributed by atoms with Crippen LogP contribution in [-0.2, 0) is 22.3 Å². The second kappa shape index (κ2) is 11.1. The summed E-state index contributed by atoms with van der Waals surface area (Å²) in [5, 5.41) is 3.43. The molecule has 0 saturated carbocycles. The normalized spacial score (nSPS) is 20.0. The zero-order valence-electron chi connectivity index (χ0n) is 17.7. The van der Waals surface area contributed by atoms with Crippen molar-refractivity contribution in [2.75, 3.05) is 27.2 Å². The zero-order valence-corrected chi connectivity index (χ0v) is 20.8. The molecule has 1 aliphatic heterocycles. The fraction of sp³-hybridized carbons (Fsp3) is 0.500. The fourth-order valence-corrected chi connectivity index (χ4v) is 4.49. The highest BCUT2D eigenvalue weighted by molar-refractivity contribution is 14.0. The first kappa shape index (κ1) is 24.6. The summed E-state index contributed by atoms with van der Waals surface area (Å²) in [4.78, 5) is 10.9. The molecule has 10 heteroatoms. The van der Waals surface area contributed by atoms with Gasteiger partial charge >= 0.3 is 0 Å². The van der Waals surface area contributed by atoms with Crippen molar-refractivity contribution in [2.45, 2.75) is 31.7 Å². The molecular weight excluding hydrogens is 515 g/mol. The molecule has 1 fully saturated rings. The summed E-state index contributed by atoms with van der Waals surface area (Å²) in [7, 11) is -0.0592. The molecule has 0 bridgehead atoms. The predicted octanol–water partition coefficient (Wildman–Crippen LogP) is 2.21. The first-order valence-corrected chi connectivity index (χ1v) is 11.5. The van der Waals surface area contributed by atoms with Crippen LogP contribution in [0.15, 0.2) is 48.0 Å². The van der Waals surface area contributed by atoms with E-state index in [1.54, 1.807) is 7.05 Å². The minimum Gasteiger partial charge on any atom is -0.352 e. The summed E-state index contributed by atoms with van der Waals surface area (Å²) in [5.41, 5.74) is 1.78. The van der Waals surface area contributed by atoms with E-state index in [9.17, 15) is 8.42 Å². The molecule has 166 valence electrons. The molecule has 3 rings (SSSR count). The maximum Gasteiger partial charge on any atom is 0.215 e. The van der Waals surface area contributed by atoms with Crippen molar-refractivity contribution in [1.29, 1.82) is 0 Å². The molecular formula is C20H31IN6O2S. The summed E-state index contributed by atoms with van der Waals surface area (Å²) >= 11 is 0. The van der Waals surface area contributed by atoms with Crippen molar-refractivity contribution >= 4 is 40.0 Å². The molecule has 0 amide bonds. The summed E-state index contributed by atoms with van der Waals surface area (Å²) in [5.74, 6) is 1.41. The lowest BCUT2D eigenvalue weighted by molar-refractivity contribution is 0.189. The highest BCUT2D eigenvalue weighted by Gasteiger charge is 2.28. The average molecular weight is 546 g/mol. The van der Waals surface area contributed by atoms with Crippen molar-refractivity contribution in [2.24, 2.45) is 10.9 Å². The van der Waals surface area contributed by atoms with Gasteiger partial charge in [0.1, 0.15) is 0 Å². The minimum absolute atomic E-state index is 0. The molecule has 2 atom stereocenters. The van der Waals surface area contributed by atoms with Gasteiger partial charge in [-0.25, -0.2) is 18.1 Å². The number of aliphatic imine (C=N–C) groups is 1. The zero-order chi connectivity index (χ0) is 20.9. The molecule has 1 aliphatic rings. The van der Waals surface area contributed by atoms with Gasteiger partial charge in [-0.05, 0) is 30.5 Å². The number of sulfonamides is 1. The van der Waals surface area contributed by atoms with Gasteiger partial charge in [-0.1, -0.05) is 31.2 Å². The summed E-state index contributed by atoms with van der Waals surface area (Å²) in [6, 6.07) is 7.98. The number of aromatic nitrogens is 2. The Morgan fingerprint density at radius 1 is 1.33 bits per heavy atom. The van der Waals surface area contributed by atoms with E-state index in [2.05, 4.69) is 36.4 Å². The van der Waals surface area contributed by atoms with Gasteiger partial charge in [-0.3, -0.25) is 4.99 Å². The first-order valence-electron chi connectivity index (χ1n) is 9.84. The van der Waals surface area contributed by atoms with E-state index in [4.69, 9.17) is 0 Å². The van der Waals surface area contributed by atoms with E-state index in [-0.39, 0.29) is 29.7 Å². The summed E-state index contributed by atoms with van der Waals surface area (Å²) < 4.78 is 28.1. The molecule has 2 aromatic rings. The summed E-state index contributed by atoms with van der Waals surface area (Å²) in [6.07, 6.45) is 6.80. The Balaban J connectivity index is 0.00000320. The lowest BCUT2D eigenvalue weighted by atomic mass is 9.93. The topological polar surface area (TPSA) is 91.6 Å². The molecule has 2 heterocycles. The van der Waals surface area contributed by atoms with Gasteiger partial charge in [0, 0.05) is 39.1 Å². The minimum atomic E-state index is -3.29. The molecule has 0 radical (unpaired) electrons. The van der Waals surface area contributed by atoms with Gasteiger partial charge in [0.05, 0.1) is 18.1 Å². The lowest BCUT2D eigenvalue weighted by Crippen LogP contribution is -2.48. The fourth-order valence-electron chi connectivity index (χ4n) is 3.73. The van der Waals surface area contributed by atoms with E-state index in [0.717, 1.165) is 36.6 Å². The highest BCUT2D eigenvalue weighted by atomic mass is 127. The molecule has 1 aromatic carbocycles. The SMILES string of the molecule is CN=C(NCc1cccc(CS(=O)(=O)NC)c1)N1CCC(C)C(n2ccnc2)C1.I. The van der Waals surface area contributed by atoms with Crippen LogP contribution in [0.3, 0.4) is 0 Å². The number of benzene rings is 1. The number of guanidine groups is 1. The van der Waals surface area contributed by atoms with Gasteiger partial charge in [0.25, 0.3) is 0 Å². The second-order valence-electron chi connectivity index (χ2n) is 7.47. The Labute approximate surface area is 196 Å². The molecule has 8 nitrogen and oxygen atoms in total. The van der Waals surface area contributed by atoms with Crippen LogP contribution < -0.4 is 10.0 Å². The number of hydrogen-bond acceptors (Lipinski definition) is 4. The number of likely N-dealkylation sites (tertiary alicyclic amines) is 1. The Kier molecular flexibility index (Phi) is 9.10. The number of imidazole rings is 1. The van der Waals surface area contributed by atoms with Gasteiger partial charge in [0.15, 0.2) is 5.96 Å². The quantitative estimate of drug-likeness (QED) is 0.330. The van der Waals surface area contributed by atoms with Crippen LogP contribution in [0.5, 0.6) is 0 Å². The van der Waals surface area contributed by atoms with Crippen molar-refractivity contribution in [3.8, 4) is 0 Å². The van der Waals surface area contributed by atoms with Crippen LogP contribution in [0.25, 0.3) is 0 Å². The van der Waals surface area contributed by atoms with Crippen molar-refractivity contribution in [3.05, 3.63) is 54.1 Å². The smallest absolute Gasteiger partial charge is 0.215 e. The number of piperidine rings is 1. The molecule has 0 aliphatic carbocycles. The highest BCUT2D eigenvalue weighted by Crippen LogP contribution is 2.27. The third-order valence-corrected chi connectivity index (χ3v) is 6.78. The van der Waals surface area contributed by atoms with Crippen LogP contribution in [-0.4, -0.2) is 56.0 Å². The van der Waals surface area contributed by atoms with Crippen LogP contribution in [0.1, 0.15) is 30.5 Å². The van der Waals surface area contributed by atoms with Crippen molar-refractivity contribution in [3.63, 3.8) is 0 Å². The van der Waals surface area contributed by atoms with Gasteiger partial charge < -0.3 is 14.8 Å². The number of nitrogens with zero attached hydrogens (tertiary/aromatic N) is 4. The Morgan fingerprint density at radius 3 is 2.77 bits per heavy atom. The van der Waals surface area contributed by atoms with Crippen LogP contribution in [0, 0.1) is 5.92 Å². The molecule has 1 saturated heterocycles. The Morgan fingerprint density at radius 2 is 2.10 bits per heavy atom. The largest absolute Gasteiger partial charge is 0.352 e. The number of nitrogens with one attached hydrogen (secondary N) is 2. The van der Waals surface area contributed by atoms with Crippen LogP contribution in [0.2, 0.25) is 0 Å². The molecule has 1 aromatic heterocycles. The van der Waals surface area contributed by atoms with E-state index >= 15 is 0 Å². The average Bonchev–Trinajstić information content (AvgIpc) is 3.24. The molecule has 0 spiro atoms. The van der Waals surface area contributed by atoms with Gasteiger partial charge in [0.2, 0.25) is 10.0 Å². The molecule has 2 unspecified atom stereocenters. The number of halogens is 1. The van der Waals surface area contributed by atoms with Gasteiger partial charge in [-0.15, -0.1) is 24.0 Å². The Bertz CT molecular complexity index is 933. The van der Waals surface area contributed by atoms with E-state index < -0.39 is 10.0 Å². The standard InChI is InChI=1S/C20H30N6O2S.HI/c1-16-7-9-25(13-19(16)26-10-8-23-15-26)20(21-2)24-12-17-5-4-6-18(11-17)14-29(27,28)22-3;/h4-6,8,10-11,15-16,19,22H,7,9,12-14H2,1-3H3,(H,21,24);1H. The first-order chi connectivity index (χ1) is 13.9. The third-order valence-electron chi connectivity index (χ3n) is 5.45. The van der Waals surface area contributed by atoms with E-state index in [1.807, 2.05) is 43.0 Å². The van der Waals surface area contributed by atoms with Crippen LogP contribution in [0.4, 0.5) is 0 Å². The third kappa shape index (κ3) is 6.42. The maximum absolute atomic E-state index is 11.8. The number of rotatable bonds is 6. The lowest BCUT2D eigenvalue weighted by Gasteiger charge is -2.39. The van der Waals surface area contributed by atoms with Crippen molar-refractivity contribution < 1.29 is 8.42 Å². The monoisotopic (exact) mass is 546 g/mol.